The molecule has 0 bridgehead atoms. The lowest BCUT2D eigenvalue weighted by atomic mass is 10.2. The third kappa shape index (κ3) is 3.97. The molecular formula is C11H14ClNO4S. The van der Waals surface area contributed by atoms with Gasteiger partial charge in [0.2, 0.25) is 10.0 Å². The molecule has 0 radical (unpaired) electrons. The fourth-order valence-electron chi connectivity index (χ4n) is 1.31. The molecule has 0 saturated heterocycles. The molecule has 0 amide bonds. The summed E-state index contributed by atoms with van der Waals surface area (Å²) in [5.74, 6) is -1.18. The minimum absolute atomic E-state index is 0.0297. The quantitative estimate of drug-likeness (QED) is 0.775. The minimum Gasteiger partial charge on any atom is -0.480 e. The van der Waals surface area contributed by atoms with Gasteiger partial charge in [0.05, 0.1) is 4.90 Å². The standard InChI is InChI=1S/C11H14ClNO4S/c1-8-2-4-9(5-3-8)18(16,17)13-10(6-7-12)11(14)15/h2-5,10,13H,6-7H2,1H3,(H,14,15). The van der Waals surface area contributed by atoms with Crippen molar-refractivity contribution in [2.24, 2.45) is 0 Å². The number of nitrogens with one attached hydrogen (secondary N) is 1. The van der Waals surface area contributed by atoms with Crippen molar-refractivity contribution in [2.75, 3.05) is 5.88 Å². The van der Waals surface area contributed by atoms with E-state index in [2.05, 4.69) is 4.72 Å². The third-order valence-electron chi connectivity index (χ3n) is 2.32. The van der Waals surface area contributed by atoms with Crippen molar-refractivity contribution in [2.45, 2.75) is 24.3 Å². The SMILES string of the molecule is Cc1ccc(S(=O)(=O)NC(CCCl)C(=O)O)cc1. The number of aliphatic carboxylic acids is 1. The highest BCUT2D eigenvalue weighted by Crippen LogP contribution is 2.11. The van der Waals surface area contributed by atoms with Crippen LogP contribution in [0.3, 0.4) is 0 Å². The molecule has 0 aliphatic heterocycles. The fraction of sp³-hybridized carbons (Fsp3) is 0.364. The van der Waals surface area contributed by atoms with E-state index in [9.17, 15) is 13.2 Å². The first kappa shape index (κ1) is 14.9. The Kier molecular flexibility index (Phi) is 5.13. The number of hydrogen-bond donors (Lipinski definition) is 2. The Morgan fingerprint density at radius 2 is 1.94 bits per heavy atom. The third-order valence-corrected chi connectivity index (χ3v) is 4.03. The Balaban J connectivity index is 2.93. The Bertz CT molecular complexity index is 512. The van der Waals surface area contributed by atoms with Crippen LogP contribution in [0.2, 0.25) is 0 Å². The highest BCUT2D eigenvalue weighted by molar-refractivity contribution is 7.89. The van der Waals surface area contributed by atoms with Crippen molar-refractivity contribution in [3.8, 4) is 0 Å². The number of carboxylic acid groups (broad SMARTS) is 1. The molecule has 1 unspecified atom stereocenters. The molecule has 1 rings (SSSR count). The van der Waals surface area contributed by atoms with E-state index in [1.54, 1.807) is 12.1 Å². The number of aryl methyl sites for hydroxylation is 1. The average Bonchev–Trinajstić information content (AvgIpc) is 2.28. The Hall–Kier alpha value is -1.11. The Labute approximate surface area is 111 Å². The summed E-state index contributed by atoms with van der Waals surface area (Å²) in [5.41, 5.74) is 0.921. The monoisotopic (exact) mass is 291 g/mol. The Morgan fingerprint density at radius 3 is 2.39 bits per heavy atom. The van der Waals surface area contributed by atoms with Crippen LogP contribution in [0.1, 0.15) is 12.0 Å². The lowest BCUT2D eigenvalue weighted by Crippen LogP contribution is -2.40. The zero-order valence-electron chi connectivity index (χ0n) is 9.76. The average molecular weight is 292 g/mol. The topological polar surface area (TPSA) is 83.5 Å². The maximum Gasteiger partial charge on any atom is 0.321 e. The van der Waals surface area contributed by atoms with Gasteiger partial charge in [0.15, 0.2) is 0 Å². The second-order valence-electron chi connectivity index (χ2n) is 3.80. The molecule has 1 aromatic rings. The van der Waals surface area contributed by atoms with Crippen LogP contribution in [0.25, 0.3) is 0 Å². The zero-order valence-corrected chi connectivity index (χ0v) is 11.3. The van der Waals surface area contributed by atoms with Crippen molar-refractivity contribution in [1.29, 1.82) is 0 Å². The number of benzene rings is 1. The van der Waals surface area contributed by atoms with E-state index in [1.807, 2.05) is 6.92 Å². The molecule has 0 saturated carbocycles. The molecule has 0 aromatic heterocycles. The molecule has 5 nitrogen and oxygen atoms in total. The predicted molar refractivity (Wildman–Crippen MR) is 68.3 cm³/mol. The van der Waals surface area contributed by atoms with Crippen molar-refractivity contribution >= 4 is 27.6 Å². The molecule has 0 heterocycles. The number of carboxylic acids is 1. The Morgan fingerprint density at radius 1 is 1.39 bits per heavy atom. The van der Waals surface area contributed by atoms with E-state index in [1.165, 1.54) is 12.1 Å². The van der Waals surface area contributed by atoms with Crippen molar-refractivity contribution < 1.29 is 18.3 Å². The van der Waals surface area contributed by atoms with E-state index in [0.29, 0.717) is 0 Å². The van der Waals surface area contributed by atoms with Crippen LogP contribution in [0.4, 0.5) is 0 Å². The van der Waals surface area contributed by atoms with E-state index in [4.69, 9.17) is 16.7 Å². The summed E-state index contributed by atoms with van der Waals surface area (Å²) in [6.07, 6.45) is 0.0297. The second-order valence-corrected chi connectivity index (χ2v) is 5.89. The minimum atomic E-state index is -3.83. The molecule has 2 N–H and O–H groups in total. The van der Waals surface area contributed by atoms with Gasteiger partial charge < -0.3 is 5.11 Å². The largest absolute Gasteiger partial charge is 0.480 e. The van der Waals surface area contributed by atoms with Gasteiger partial charge in [0, 0.05) is 5.88 Å². The van der Waals surface area contributed by atoms with Gasteiger partial charge in [-0.25, -0.2) is 8.42 Å². The molecule has 0 aliphatic carbocycles. The highest BCUT2D eigenvalue weighted by atomic mass is 35.5. The first-order valence-corrected chi connectivity index (χ1v) is 7.26. The van der Waals surface area contributed by atoms with Crippen molar-refractivity contribution in [3.05, 3.63) is 29.8 Å². The maximum atomic E-state index is 11.9. The molecule has 18 heavy (non-hydrogen) atoms. The molecule has 1 atom stereocenters. The van der Waals surface area contributed by atoms with Gasteiger partial charge in [-0.1, -0.05) is 17.7 Å². The van der Waals surface area contributed by atoms with Gasteiger partial charge in [-0.3, -0.25) is 4.79 Å². The fourth-order valence-corrected chi connectivity index (χ4v) is 2.76. The highest BCUT2D eigenvalue weighted by Gasteiger charge is 2.24. The summed E-state index contributed by atoms with van der Waals surface area (Å²) >= 11 is 5.44. The summed E-state index contributed by atoms with van der Waals surface area (Å²) in [7, 11) is -3.83. The van der Waals surface area contributed by atoms with E-state index in [0.717, 1.165) is 5.56 Å². The number of alkyl halides is 1. The molecule has 0 aliphatic rings. The van der Waals surface area contributed by atoms with Gasteiger partial charge in [-0.2, -0.15) is 4.72 Å². The first-order valence-electron chi connectivity index (χ1n) is 5.24. The van der Waals surface area contributed by atoms with Crippen LogP contribution in [-0.2, 0) is 14.8 Å². The van der Waals surface area contributed by atoms with Crippen LogP contribution in [0, 0.1) is 6.92 Å². The maximum absolute atomic E-state index is 11.9. The number of hydrogen-bond acceptors (Lipinski definition) is 3. The molecule has 1 aromatic carbocycles. The smallest absolute Gasteiger partial charge is 0.321 e. The number of rotatable bonds is 6. The van der Waals surface area contributed by atoms with E-state index in [-0.39, 0.29) is 17.2 Å². The number of halogens is 1. The van der Waals surface area contributed by atoms with Gasteiger partial charge in [0.25, 0.3) is 0 Å². The zero-order chi connectivity index (χ0) is 13.8. The predicted octanol–water partition coefficient (Wildman–Crippen LogP) is 1.36. The molecule has 0 fully saturated rings. The lowest BCUT2D eigenvalue weighted by molar-refractivity contribution is -0.139. The summed E-state index contributed by atoms with van der Waals surface area (Å²) in [6.45, 7) is 1.83. The molecule has 7 heteroatoms. The summed E-state index contributed by atoms with van der Waals surface area (Å²) in [6, 6.07) is 4.93. The number of sulfonamides is 1. The van der Waals surface area contributed by atoms with Gasteiger partial charge >= 0.3 is 5.97 Å². The molecule has 0 spiro atoms. The first-order chi connectivity index (χ1) is 8.36. The normalized spacial score (nSPS) is 13.2. The van der Waals surface area contributed by atoms with Gasteiger partial charge in [-0.05, 0) is 25.5 Å². The van der Waals surface area contributed by atoms with Gasteiger partial charge in [-0.15, -0.1) is 11.6 Å². The van der Waals surface area contributed by atoms with E-state index >= 15 is 0 Å². The summed E-state index contributed by atoms with van der Waals surface area (Å²) in [5, 5.41) is 8.87. The van der Waals surface area contributed by atoms with Gasteiger partial charge in [0.1, 0.15) is 6.04 Å². The molecular weight excluding hydrogens is 278 g/mol. The summed E-state index contributed by atoms with van der Waals surface area (Å²) in [4.78, 5) is 10.9. The van der Waals surface area contributed by atoms with Crippen molar-refractivity contribution in [3.63, 3.8) is 0 Å². The van der Waals surface area contributed by atoms with Crippen LogP contribution in [-0.4, -0.2) is 31.4 Å². The van der Waals surface area contributed by atoms with Crippen LogP contribution < -0.4 is 4.72 Å². The van der Waals surface area contributed by atoms with Crippen LogP contribution >= 0.6 is 11.6 Å². The van der Waals surface area contributed by atoms with E-state index < -0.39 is 22.0 Å². The number of carbonyl (C=O) groups is 1. The lowest BCUT2D eigenvalue weighted by Gasteiger charge is -2.13. The second kappa shape index (κ2) is 6.17. The van der Waals surface area contributed by atoms with Crippen molar-refractivity contribution in [1.82, 2.24) is 4.72 Å². The van der Waals surface area contributed by atoms with Crippen LogP contribution in [0.15, 0.2) is 29.2 Å². The summed E-state index contributed by atoms with van der Waals surface area (Å²) < 4.78 is 25.9. The molecule has 100 valence electrons. The van der Waals surface area contributed by atoms with Crippen LogP contribution in [0.5, 0.6) is 0 Å².